The van der Waals surface area contributed by atoms with Crippen LogP contribution in [0.3, 0.4) is 0 Å². The van der Waals surface area contributed by atoms with Crippen molar-refractivity contribution in [3.63, 3.8) is 0 Å². The van der Waals surface area contributed by atoms with Crippen LogP contribution in [0.4, 0.5) is 0 Å². The third-order valence-corrected chi connectivity index (χ3v) is 6.02. The van der Waals surface area contributed by atoms with Gasteiger partial charge in [0.25, 0.3) is 5.56 Å². The summed E-state index contributed by atoms with van der Waals surface area (Å²) in [5.74, 6) is 1.49. The van der Waals surface area contributed by atoms with E-state index in [0.717, 1.165) is 17.2 Å². The monoisotopic (exact) mass is 402 g/mol. The SMILES string of the molecule is COc1ccc(-n2c(SCc3ccc(C)c(C)c3)nc3ccccc3c2=O)cc1. The molecule has 0 amide bonds. The Labute approximate surface area is 174 Å². The van der Waals surface area contributed by atoms with Crippen LogP contribution in [0.5, 0.6) is 5.75 Å². The number of para-hydroxylation sites is 1. The molecular formula is C24H22N2O2S. The number of aromatic nitrogens is 2. The summed E-state index contributed by atoms with van der Waals surface area (Å²) in [6.45, 7) is 4.23. The van der Waals surface area contributed by atoms with Gasteiger partial charge in [-0.1, -0.05) is 42.1 Å². The van der Waals surface area contributed by atoms with Gasteiger partial charge >= 0.3 is 0 Å². The Kier molecular flexibility index (Phi) is 5.41. The fourth-order valence-corrected chi connectivity index (χ4v) is 4.16. The highest BCUT2D eigenvalue weighted by Gasteiger charge is 2.14. The van der Waals surface area contributed by atoms with Crippen molar-refractivity contribution in [2.75, 3.05) is 7.11 Å². The Morgan fingerprint density at radius 2 is 1.72 bits per heavy atom. The second-order valence-electron chi connectivity index (χ2n) is 6.96. The lowest BCUT2D eigenvalue weighted by molar-refractivity contribution is 0.414. The Hall–Kier alpha value is -3.05. The lowest BCUT2D eigenvalue weighted by atomic mass is 10.1. The molecule has 0 aliphatic carbocycles. The molecule has 0 saturated carbocycles. The van der Waals surface area contributed by atoms with E-state index in [1.54, 1.807) is 23.4 Å². The summed E-state index contributed by atoms with van der Waals surface area (Å²) in [7, 11) is 1.63. The highest BCUT2D eigenvalue weighted by atomic mass is 32.2. The van der Waals surface area contributed by atoms with E-state index in [9.17, 15) is 4.79 Å². The summed E-state index contributed by atoms with van der Waals surface area (Å²) in [5.41, 5.74) is 5.17. The fourth-order valence-electron chi connectivity index (χ4n) is 3.21. The number of hydrogen-bond acceptors (Lipinski definition) is 4. The minimum Gasteiger partial charge on any atom is -0.497 e. The number of rotatable bonds is 5. The first-order chi connectivity index (χ1) is 14.1. The Bertz CT molecular complexity index is 1230. The molecule has 29 heavy (non-hydrogen) atoms. The summed E-state index contributed by atoms with van der Waals surface area (Å²) >= 11 is 1.57. The number of nitrogens with zero attached hydrogens (tertiary/aromatic N) is 2. The zero-order chi connectivity index (χ0) is 20.4. The average molecular weight is 403 g/mol. The molecule has 0 N–H and O–H groups in total. The molecule has 0 aliphatic rings. The van der Waals surface area contributed by atoms with Gasteiger partial charge in [0.2, 0.25) is 0 Å². The maximum Gasteiger partial charge on any atom is 0.266 e. The number of methoxy groups -OCH3 is 1. The van der Waals surface area contributed by atoms with E-state index in [1.165, 1.54) is 16.7 Å². The molecule has 0 unspecified atom stereocenters. The average Bonchev–Trinajstić information content (AvgIpc) is 2.75. The zero-order valence-corrected chi connectivity index (χ0v) is 17.5. The number of hydrogen-bond donors (Lipinski definition) is 0. The molecular weight excluding hydrogens is 380 g/mol. The van der Waals surface area contributed by atoms with E-state index < -0.39 is 0 Å². The second kappa shape index (κ2) is 8.13. The number of benzene rings is 3. The second-order valence-corrected chi connectivity index (χ2v) is 7.90. The van der Waals surface area contributed by atoms with Crippen molar-refractivity contribution in [3.8, 4) is 11.4 Å². The van der Waals surface area contributed by atoms with Crippen LogP contribution in [-0.2, 0) is 5.75 Å². The summed E-state index contributed by atoms with van der Waals surface area (Å²) in [4.78, 5) is 18.1. The standard InChI is InChI=1S/C24H22N2O2S/c1-16-8-9-18(14-17(16)2)15-29-24-25-22-7-5-4-6-21(22)23(27)26(24)19-10-12-20(28-3)13-11-19/h4-14H,15H2,1-3H3. The van der Waals surface area contributed by atoms with Gasteiger partial charge < -0.3 is 4.74 Å². The normalized spacial score (nSPS) is 11.0. The van der Waals surface area contributed by atoms with Crippen LogP contribution in [0.25, 0.3) is 16.6 Å². The van der Waals surface area contributed by atoms with E-state index in [0.29, 0.717) is 16.1 Å². The van der Waals surface area contributed by atoms with Gasteiger partial charge in [-0.05, 0) is 66.9 Å². The van der Waals surface area contributed by atoms with Gasteiger partial charge in [0.1, 0.15) is 5.75 Å². The van der Waals surface area contributed by atoms with Crippen LogP contribution >= 0.6 is 11.8 Å². The van der Waals surface area contributed by atoms with Crippen molar-refractivity contribution in [3.05, 3.63) is 93.8 Å². The van der Waals surface area contributed by atoms with E-state index >= 15 is 0 Å². The third-order valence-electron chi connectivity index (χ3n) is 5.01. The molecule has 3 aromatic carbocycles. The predicted octanol–water partition coefficient (Wildman–Crippen LogP) is 5.30. The minimum absolute atomic E-state index is 0.0663. The van der Waals surface area contributed by atoms with Crippen LogP contribution in [-0.4, -0.2) is 16.7 Å². The molecule has 0 atom stereocenters. The largest absolute Gasteiger partial charge is 0.497 e. The molecule has 146 valence electrons. The highest BCUT2D eigenvalue weighted by molar-refractivity contribution is 7.98. The first-order valence-corrected chi connectivity index (χ1v) is 10.4. The number of aryl methyl sites for hydroxylation is 2. The molecule has 1 heterocycles. The quantitative estimate of drug-likeness (QED) is 0.335. The molecule has 4 aromatic rings. The van der Waals surface area contributed by atoms with Crippen LogP contribution in [0.2, 0.25) is 0 Å². The van der Waals surface area contributed by atoms with Gasteiger partial charge in [0.15, 0.2) is 5.16 Å². The molecule has 0 spiro atoms. The smallest absolute Gasteiger partial charge is 0.266 e. The Morgan fingerprint density at radius 3 is 2.45 bits per heavy atom. The van der Waals surface area contributed by atoms with Crippen molar-refractivity contribution in [2.45, 2.75) is 24.8 Å². The molecule has 4 nitrogen and oxygen atoms in total. The first-order valence-electron chi connectivity index (χ1n) is 9.42. The van der Waals surface area contributed by atoms with Gasteiger partial charge in [0.05, 0.1) is 23.7 Å². The number of thioether (sulfide) groups is 1. The van der Waals surface area contributed by atoms with E-state index in [2.05, 4.69) is 32.0 Å². The van der Waals surface area contributed by atoms with E-state index in [-0.39, 0.29) is 5.56 Å². The van der Waals surface area contributed by atoms with Gasteiger partial charge in [-0.25, -0.2) is 4.98 Å². The van der Waals surface area contributed by atoms with E-state index in [1.807, 2.05) is 48.5 Å². The van der Waals surface area contributed by atoms with Crippen LogP contribution in [0.15, 0.2) is 76.7 Å². The highest BCUT2D eigenvalue weighted by Crippen LogP contribution is 2.26. The lowest BCUT2D eigenvalue weighted by Crippen LogP contribution is -2.21. The van der Waals surface area contributed by atoms with Gasteiger partial charge in [0, 0.05) is 5.75 Å². The number of fused-ring (bicyclic) bond motifs is 1. The molecule has 4 rings (SSSR count). The maximum atomic E-state index is 13.3. The summed E-state index contributed by atoms with van der Waals surface area (Å²) in [6, 6.07) is 21.4. The predicted molar refractivity (Wildman–Crippen MR) is 119 cm³/mol. The number of ether oxygens (including phenoxy) is 1. The Morgan fingerprint density at radius 1 is 0.966 bits per heavy atom. The fraction of sp³-hybridized carbons (Fsp3) is 0.167. The molecule has 0 saturated heterocycles. The molecule has 1 aromatic heterocycles. The first kappa shape index (κ1) is 19.3. The molecule has 0 radical (unpaired) electrons. The molecule has 5 heteroatoms. The molecule has 0 bridgehead atoms. The van der Waals surface area contributed by atoms with Crippen LogP contribution < -0.4 is 10.3 Å². The van der Waals surface area contributed by atoms with Gasteiger partial charge in [-0.15, -0.1) is 0 Å². The van der Waals surface area contributed by atoms with Crippen molar-refractivity contribution in [1.82, 2.24) is 9.55 Å². The van der Waals surface area contributed by atoms with Crippen molar-refractivity contribution >= 4 is 22.7 Å². The molecule has 0 aliphatic heterocycles. The van der Waals surface area contributed by atoms with Crippen molar-refractivity contribution in [2.24, 2.45) is 0 Å². The van der Waals surface area contributed by atoms with Gasteiger partial charge in [-0.3, -0.25) is 9.36 Å². The van der Waals surface area contributed by atoms with Crippen LogP contribution in [0.1, 0.15) is 16.7 Å². The lowest BCUT2D eigenvalue weighted by Gasteiger charge is -2.14. The molecule has 0 fully saturated rings. The summed E-state index contributed by atoms with van der Waals surface area (Å²) in [6.07, 6.45) is 0. The minimum atomic E-state index is -0.0663. The zero-order valence-electron chi connectivity index (χ0n) is 16.7. The van der Waals surface area contributed by atoms with Crippen LogP contribution in [0, 0.1) is 13.8 Å². The third kappa shape index (κ3) is 3.91. The van der Waals surface area contributed by atoms with Crippen molar-refractivity contribution in [1.29, 1.82) is 0 Å². The topological polar surface area (TPSA) is 44.1 Å². The van der Waals surface area contributed by atoms with Crippen molar-refractivity contribution < 1.29 is 4.74 Å². The summed E-state index contributed by atoms with van der Waals surface area (Å²) in [5, 5.41) is 1.29. The maximum absolute atomic E-state index is 13.3. The Balaban J connectivity index is 1.80. The summed E-state index contributed by atoms with van der Waals surface area (Å²) < 4.78 is 6.94. The van der Waals surface area contributed by atoms with E-state index in [4.69, 9.17) is 9.72 Å². The van der Waals surface area contributed by atoms with Gasteiger partial charge in [-0.2, -0.15) is 0 Å².